The number of nitrogens with one attached hydrogen (secondary N) is 1. The Morgan fingerprint density at radius 2 is 2.24 bits per heavy atom. The quantitative estimate of drug-likeness (QED) is 0.742. The van der Waals surface area contributed by atoms with Crippen LogP contribution in [0.4, 0.5) is 0 Å². The molecule has 2 rings (SSSR count). The Balaban J connectivity index is 1.84. The lowest BCUT2D eigenvalue weighted by Crippen LogP contribution is -2.50. The summed E-state index contributed by atoms with van der Waals surface area (Å²) in [4.78, 5) is 2.27. The van der Waals surface area contributed by atoms with Gasteiger partial charge in [-0.05, 0) is 13.3 Å². The third-order valence-electron chi connectivity index (χ3n) is 3.78. The van der Waals surface area contributed by atoms with Crippen LogP contribution in [0.5, 0.6) is 0 Å². The second kappa shape index (κ2) is 5.22. The van der Waals surface area contributed by atoms with Gasteiger partial charge in [-0.3, -0.25) is 4.90 Å². The topological polar surface area (TPSA) is 58.6 Å². The highest BCUT2D eigenvalue weighted by Crippen LogP contribution is 2.16. The lowest BCUT2D eigenvalue weighted by Gasteiger charge is -2.34. The Hall–Kier alpha value is -0.170. The maximum absolute atomic E-state index is 11.5. The van der Waals surface area contributed by atoms with Gasteiger partial charge in [-0.2, -0.15) is 0 Å². The summed E-state index contributed by atoms with van der Waals surface area (Å²) in [5.74, 6) is 0.602. The van der Waals surface area contributed by atoms with Crippen LogP contribution in [-0.2, 0) is 14.6 Å². The van der Waals surface area contributed by atoms with E-state index in [0.29, 0.717) is 30.2 Å². The molecule has 3 unspecified atom stereocenters. The van der Waals surface area contributed by atoms with Gasteiger partial charge in [-0.25, -0.2) is 8.42 Å². The summed E-state index contributed by atoms with van der Waals surface area (Å²) in [5.41, 5.74) is 0. The van der Waals surface area contributed by atoms with Gasteiger partial charge in [0.15, 0.2) is 9.84 Å². The molecule has 0 saturated carbocycles. The van der Waals surface area contributed by atoms with Crippen LogP contribution in [-0.4, -0.2) is 69.8 Å². The first-order chi connectivity index (χ1) is 8.00. The molecule has 5 nitrogen and oxygen atoms in total. The average molecular weight is 262 g/mol. The van der Waals surface area contributed by atoms with Crippen molar-refractivity contribution in [2.24, 2.45) is 0 Å². The summed E-state index contributed by atoms with van der Waals surface area (Å²) in [6.07, 6.45) is 1.33. The van der Waals surface area contributed by atoms with Crippen LogP contribution in [0.15, 0.2) is 0 Å². The van der Waals surface area contributed by atoms with Crippen molar-refractivity contribution in [2.45, 2.75) is 31.5 Å². The molecular formula is C11H22N2O3S. The zero-order chi connectivity index (χ0) is 12.5. The van der Waals surface area contributed by atoms with Crippen LogP contribution in [0.25, 0.3) is 0 Å². The van der Waals surface area contributed by atoms with E-state index in [1.165, 1.54) is 0 Å². The largest absolute Gasteiger partial charge is 0.380 e. The van der Waals surface area contributed by atoms with Crippen molar-refractivity contribution in [2.75, 3.05) is 38.2 Å². The molecule has 0 aromatic rings. The first-order valence-corrected chi connectivity index (χ1v) is 8.03. The summed E-state index contributed by atoms with van der Waals surface area (Å²) in [7, 11) is -1.06. The van der Waals surface area contributed by atoms with Crippen molar-refractivity contribution in [3.8, 4) is 0 Å². The molecule has 17 heavy (non-hydrogen) atoms. The fourth-order valence-electron chi connectivity index (χ4n) is 2.69. The van der Waals surface area contributed by atoms with Gasteiger partial charge in [-0.15, -0.1) is 0 Å². The number of ether oxygens (including phenoxy) is 1. The van der Waals surface area contributed by atoms with Crippen molar-refractivity contribution in [1.29, 1.82) is 0 Å². The molecule has 2 aliphatic heterocycles. The van der Waals surface area contributed by atoms with E-state index in [-0.39, 0.29) is 6.04 Å². The standard InChI is InChI=1S/C11H22N2O3S/c1-9-8-17(14,15)4-3-13(9)7-10-5-11(16-2)6-12-10/h9-12H,3-8H2,1-2H3. The first-order valence-electron chi connectivity index (χ1n) is 6.21. The van der Waals surface area contributed by atoms with E-state index in [4.69, 9.17) is 4.74 Å². The number of methoxy groups -OCH3 is 1. The number of nitrogens with zero attached hydrogens (tertiary/aromatic N) is 1. The van der Waals surface area contributed by atoms with E-state index in [9.17, 15) is 8.42 Å². The predicted molar refractivity (Wildman–Crippen MR) is 66.9 cm³/mol. The predicted octanol–water partition coefficient (Wildman–Crippen LogP) is -0.518. The molecule has 2 aliphatic rings. The minimum atomic E-state index is -2.80. The molecule has 3 atom stereocenters. The van der Waals surface area contributed by atoms with Gasteiger partial charge in [0.25, 0.3) is 0 Å². The minimum absolute atomic E-state index is 0.136. The van der Waals surface area contributed by atoms with E-state index < -0.39 is 9.84 Å². The van der Waals surface area contributed by atoms with Gasteiger partial charge in [-0.1, -0.05) is 0 Å². The highest BCUT2D eigenvalue weighted by atomic mass is 32.2. The van der Waals surface area contributed by atoms with Gasteiger partial charge in [0.1, 0.15) is 0 Å². The van der Waals surface area contributed by atoms with Gasteiger partial charge >= 0.3 is 0 Å². The molecule has 0 radical (unpaired) electrons. The van der Waals surface area contributed by atoms with Crippen molar-refractivity contribution >= 4 is 9.84 Å². The SMILES string of the molecule is COC1CNC(CN2CCS(=O)(=O)CC2C)C1. The Labute approximate surface area is 103 Å². The van der Waals surface area contributed by atoms with Gasteiger partial charge < -0.3 is 10.1 Å². The van der Waals surface area contributed by atoms with Crippen molar-refractivity contribution < 1.29 is 13.2 Å². The number of hydrogen-bond acceptors (Lipinski definition) is 5. The Morgan fingerprint density at radius 3 is 2.82 bits per heavy atom. The molecule has 0 aromatic carbocycles. The lowest BCUT2D eigenvalue weighted by atomic mass is 10.1. The number of sulfone groups is 1. The van der Waals surface area contributed by atoms with E-state index in [2.05, 4.69) is 10.2 Å². The smallest absolute Gasteiger partial charge is 0.153 e. The summed E-state index contributed by atoms with van der Waals surface area (Å²) in [6, 6.07) is 0.570. The molecule has 0 amide bonds. The molecule has 2 fully saturated rings. The molecule has 0 aliphatic carbocycles. The first kappa shape index (κ1) is 13.3. The fourth-order valence-corrected chi connectivity index (χ4v) is 4.31. The summed E-state index contributed by atoms with van der Waals surface area (Å²) >= 11 is 0. The summed E-state index contributed by atoms with van der Waals surface area (Å²) in [5, 5.41) is 3.43. The molecule has 0 bridgehead atoms. The van der Waals surface area contributed by atoms with Crippen LogP contribution < -0.4 is 5.32 Å². The van der Waals surface area contributed by atoms with E-state index in [1.807, 2.05) is 6.92 Å². The minimum Gasteiger partial charge on any atom is -0.380 e. The fraction of sp³-hybridized carbons (Fsp3) is 1.00. The highest BCUT2D eigenvalue weighted by Gasteiger charge is 2.32. The molecule has 2 heterocycles. The van der Waals surface area contributed by atoms with Crippen molar-refractivity contribution in [3.63, 3.8) is 0 Å². The molecule has 0 aromatic heterocycles. The van der Waals surface area contributed by atoms with Gasteiger partial charge in [0.05, 0.1) is 17.6 Å². The third-order valence-corrected chi connectivity index (χ3v) is 5.57. The zero-order valence-corrected chi connectivity index (χ0v) is 11.4. The maximum atomic E-state index is 11.5. The highest BCUT2D eigenvalue weighted by molar-refractivity contribution is 7.91. The van der Waals surface area contributed by atoms with Crippen LogP contribution >= 0.6 is 0 Å². The van der Waals surface area contributed by atoms with Crippen LogP contribution in [0.2, 0.25) is 0 Å². The summed E-state index contributed by atoms with van der Waals surface area (Å²) < 4.78 is 28.3. The molecule has 6 heteroatoms. The second-order valence-electron chi connectivity index (χ2n) is 5.16. The number of hydrogen-bond donors (Lipinski definition) is 1. The Kier molecular flexibility index (Phi) is 4.07. The van der Waals surface area contributed by atoms with Gasteiger partial charge in [0.2, 0.25) is 0 Å². The monoisotopic (exact) mass is 262 g/mol. The van der Waals surface area contributed by atoms with Crippen LogP contribution in [0.1, 0.15) is 13.3 Å². The van der Waals surface area contributed by atoms with Crippen LogP contribution in [0, 0.1) is 0 Å². The molecular weight excluding hydrogens is 240 g/mol. The van der Waals surface area contributed by atoms with Crippen molar-refractivity contribution in [1.82, 2.24) is 10.2 Å². The second-order valence-corrected chi connectivity index (χ2v) is 7.39. The normalized spacial score (nSPS) is 38.4. The Morgan fingerprint density at radius 1 is 1.47 bits per heavy atom. The Bertz CT molecular complexity index is 358. The molecule has 1 N–H and O–H groups in total. The third kappa shape index (κ3) is 3.40. The van der Waals surface area contributed by atoms with E-state index in [1.54, 1.807) is 7.11 Å². The lowest BCUT2D eigenvalue weighted by molar-refractivity contribution is 0.114. The molecule has 0 spiro atoms. The van der Waals surface area contributed by atoms with Crippen molar-refractivity contribution in [3.05, 3.63) is 0 Å². The van der Waals surface area contributed by atoms with Crippen LogP contribution in [0.3, 0.4) is 0 Å². The van der Waals surface area contributed by atoms with Gasteiger partial charge in [0, 0.05) is 38.8 Å². The van der Waals surface area contributed by atoms with E-state index in [0.717, 1.165) is 19.5 Å². The molecule has 100 valence electrons. The average Bonchev–Trinajstić information content (AvgIpc) is 2.69. The summed E-state index contributed by atoms with van der Waals surface area (Å²) in [6.45, 7) is 4.50. The zero-order valence-electron chi connectivity index (χ0n) is 10.6. The number of rotatable bonds is 3. The maximum Gasteiger partial charge on any atom is 0.153 e. The van der Waals surface area contributed by atoms with E-state index >= 15 is 0 Å². The molecule has 2 saturated heterocycles.